The summed E-state index contributed by atoms with van der Waals surface area (Å²) >= 11 is 0. The standard InChI is InChI=1S/C22H17F3N6O2/c1-14-11-12-31(30-14)19-9-10-20(29-28-19)33-18-7-5-16(6-8-18)26-21(32)27-17-4-2-3-15(13-17)22(23,24)25/h2-13H,1H3,(H2,26,27,32). The molecule has 0 unspecified atom stereocenters. The second-order valence-corrected chi connectivity index (χ2v) is 6.92. The summed E-state index contributed by atoms with van der Waals surface area (Å²) in [6.45, 7) is 1.87. The first-order valence-electron chi connectivity index (χ1n) is 9.66. The zero-order valence-corrected chi connectivity index (χ0v) is 17.2. The van der Waals surface area contributed by atoms with E-state index in [9.17, 15) is 18.0 Å². The third kappa shape index (κ3) is 5.64. The van der Waals surface area contributed by atoms with E-state index >= 15 is 0 Å². The van der Waals surface area contributed by atoms with Crippen molar-refractivity contribution in [2.75, 3.05) is 10.6 Å². The number of nitrogens with zero attached hydrogens (tertiary/aromatic N) is 4. The molecule has 168 valence electrons. The summed E-state index contributed by atoms with van der Waals surface area (Å²) in [5, 5.41) is 17.2. The molecule has 2 aromatic carbocycles. The molecule has 11 heteroatoms. The van der Waals surface area contributed by atoms with Gasteiger partial charge in [-0.2, -0.15) is 18.3 Å². The van der Waals surface area contributed by atoms with Crippen molar-refractivity contribution in [2.45, 2.75) is 13.1 Å². The van der Waals surface area contributed by atoms with Gasteiger partial charge in [-0.25, -0.2) is 9.48 Å². The van der Waals surface area contributed by atoms with Gasteiger partial charge in [-0.1, -0.05) is 6.07 Å². The van der Waals surface area contributed by atoms with E-state index in [2.05, 4.69) is 25.9 Å². The van der Waals surface area contributed by atoms with Gasteiger partial charge in [0.25, 0.3) is 0 Å². The lowest BCUT2D eigenvalue weighted by Gasteiger charge is -2.11. The Hall–Kier alpha value is -4.41. The molecule has 2 aromatic heterocycles. The normalized spacial score (nSPS) is 11.2. The van der Waals surface area contributed by atoms with Crippen LogP contribution >= 0.6 is 0 Å². The van der Waals surface area contributed by atoms with E-state index in [0.717, 1.165) is 17.8 Å². The molecule has 4 aromatic rings. The number of hydrogen-bond acceptors (Lipinski definition) is 5. The minimum absolute atomic E-state index is 0.0228. The molecule has 0 saturated heterocycles. The largest absolute Gasteiger partial charge is 0.438 e. The van der Waals surface area contributed by atoms with Crippen LogP contribution in [0.15, 0.2) is 72.9 Å². The quantitative estimate of drug-likeness (QED) is 0.420. The van der Waals surface area contributed by atoms with Crippen molar-refractivity contribution in [3.63, 3.8) is 0 Å². The molecule has 0 aliphatic rings. The number of aryl methyl sites for hydroxylation is 1. The van der Waals surface area contributed by atoms with Gasteiger partial charge >= 0.3 is 12.2 Å². The maximum atomic E-state index is 12.8. The topological polar surface area (TPSA) is 94.0 Å². The number of halogens is 3. The lowest BCUT2D eigenvalue weighted by molar-refractivity contribution is -0.137. The van der Waals surface area contributed by atoms with Crippen LogP contribution in [0.3, 0.4) is 0 Å². The SMILES string of the molecule is Cc1ccn(-c2ccc(Oc3ccc(NC(=O)Nc4cccc(C(F)(F)F)c4)cc3)nn2)n1. The van der Waals surface area contributed by atoms with E-state index in [-0.39, 0.29) is 11.6 Å². The Labute approximate surface area is 186 Å². The van der Waals surface area contributed by atoms with Crippen molar-refractivity contribution >= 4 is 17.4 Å². The first-order chi connectivity index (χ1) is 15.8. The molecule has 0 aliphatic heterocycles. The maximum Gasteiger partial charge on any atom is 0.416 e. The van der Waals surface area contributed by atoms with Crippen LogP contribution in [0.4, 0.5) is 29.3 Å². The number of aromatic nitrogens is 4. The molecule has 0 saturated carbocycles. The molecule has 2 heterocycles. The van der Waals surface area contributed by atoms with Gasteiger partial charge in [0.05, 0.1) is 11.3 Å². The molecule has 2 N–H and O–H groups in total. The van der Waals surface area contributed by atoms with Crippen molar-refractivity contribution in [3.05, 3.63) is 84.2 Å². The second kappa shape index (κ2) is 8.99. The fourth-order valence-corrected chi connectivity index (χ4v) is 2.83. The monoisotopic (exact) mass is 454 g/mol. The Balaban J connectivity index is 1.34. The number of ether oxygens (including phenoxy) is 1. The molecule has 2 amide bonds. The molecule has 0 fully saturated rings. The zero-order valence-electron chi connectivity index (χ0n) is 17.2. The van der Waals surface area contributed by atoms with E-state index in [1.165, 1.54) is 12.1 Å². The average molecular weight is 454 g/mol. The molecule has 4 rings (SSSR count). The van der Waals surface area contributed by atoms with E-state index in [1.807, 2.05) is 13.0 Å². The highest BCUT2D eigenvalue weighted by atomic mass is 19.4. The number of nitrogens with one attached hydrogen (secondary N) is 2. The third-order valence-corrected chi connectivity index (χ3v) is 4.37. The molecule has 8 nitrogen and oxygen atoms in total. The van der Waals surface area contributed by atoms with Crippen LogP contribution < -0.4 is 15.4 Å². The number of carbonyl (C=O) groups excluding carboxylic acids is 1. The van der Waals surface area contributed by atoms with Crippen LogP contribution in [-0.2, 0) is 6.18 Å². The minimum Gasteiger partial charge on any atom is -0.438 e. The summed E-state index contributed by atoms with van der Waals surface area (Å²) in [7, 11) is 0. The van der Waals surface area contributed by atoms with Crippen molar-refractivity contribution in [1.82, 2.24) is 20.0 Å². The van der Waals surface area contributed by atoms with Gasteiger partial charge < -0.3 is 15.4 Å². The van der Waals surface area contributed by atoms with Gasteiger partial charge in [-0.3, -0.25) is 0 Å². The number of carbonyl (C=O) groups is 1. The molecular formula is C22H17F3N6O2. The fraction of sp³-hybridized carbons (Fsp3) is 0.0909. The predicted octanol–water partition coefficient (Wildman–Crippen LogP) is 5.43. The minimum atomic E-state index is -4.49. The highest BCUT2D eigenvalue weighted by molar-refractivity contribution is 5.99. The van der Waals surface area contributed by atoms with Crippen molar-refractivity contribution in [1.29, 1.82) is 0 Å². The number of amides is 2. The number of alkyl halides is 3. The average Bonchev–Trinajstić information content (AvgIpc) is 3.21. The van der Waals surface area contributed by atoms with E-state index in [0.29, 0.717) is 17.3 Å². The highest BCUT2D eigenvalue weighted by Gasteiger charge is 2.30. The summed E-state index contributed by atoms with van der Waals surface area (Å²) in [4.78, 5) is 12.1. The summed E-state index contributed by atoms with van der Waals surface area (Å²) in [5.41, 5.74) is 0.448. The smallest absolute Gasteiger partial charge is 0.416 e. The second-order valence-electron chi connectivity index (χ2n) is 6.92. The molecule has 0 atom stereocenters. The van der Waals surface area contributed by atoms with Gasteiger partial charge in [-0.15, -0.1) is 10.2 Å². The van der Waals surface area contributed by atoms with Gasteiger partial charge in [-0.05, 0) is 61.5 Å². The van der Waals surface area contributed by atoms with Crippen LogP contribution in [-0.4, -0.2) is 26.0 Å². The van der Waals surface area contributed by atoms with Crippen LogP contribution in [0.25, 0.3) is 5.82 Å². The number of anilines is 2. The van der Waals surface area contributed by atoms with Gasteiger partial charge in [0.2, 0.25) is 5.88 Å². The van der Waals surface area contributed by atoms with Crippen LogP contribution in [0.2, 0.25) is 0 Å². The zero-order chi connectivity index (χ0) is 23.4. The Morgan fingerprint density at radius 3 is 2.33 bits per heavy atom. The lowest BCUT2D eigenvalue weighted by atomic mass is 10.2. The fourth-order valence-electron chi connectivity index (χ4n) is 2.83. The molecule has 0 radical (unpaired) electrons. The number of urea groups is 1. The Bertz CT molecular complexity index is 1250. The first kappa shape index (κ1) is 21.8. The van der Waals surface area contributed by atoms with E-state index in [4.69, 9.17) is 4.74 Å². The number of benzene rings is 2. The van der Waals surface area contributed by atoms with Crippen molar-refractivity contribution < 1.29 is 22.7 Å². The van der Waals surface area contributed by atoms with E-state index in [1.54, 1.807) is 47.3 Å². The molecule has 33 heavy (non-hydrogen) atoms. The van der Waals surface area contributed by atoms with Crippen molar-refractivity contribution in [2.24, 2.45) is 0 Å². The summed E-state index contributed by atoms with van der Waals surface area (Å²) in [5.74, 6) is 1.27. The summed E-state index contributed by atoms with van der Waals surface area (Å²) in [6.07, 6.45) is -2.72. The van der Waals surface area contributed by atoms with Gasteiger partial charge in [0, 0.05) is 23.6 Å². The molecule has 0 bridgehead atoms. The highest BCUT2D eigenvalue weighted by Crippen LogP contribution is 2.30. The Morgan fingerprint density at radius 2 is 1.70 bits per heavy atom. The maximum absolute atomic E-state index is 12.8. The van der Waals surface area contributed by atoms with Crippen LogP contribution in [0.1, 0.15) is 11.3 Å². The molecule has 0 spiro atoms. The van der Waals surface area contributed by atoms with Crippen LogP contribution in [0, 0.1) is 6.92 Å². The van der Waals surface area contributed by atoms with Gasteiger partial charge in [0.15, 0.2) is 5.82 Å². The lowest BCUT2D eigenvalue weighted by Crippen LogP contribution is -2.19. The predicted molar refractivity (Wildman–Crippen MR) is 114 cm³/mol. The third-order valence-electron chi connectivity index (χ3n) is 4.37. The molecule has 0 aliphatic carbocycles. The Morgan fingerprint density at radius 1 is 0.939 bits per heavy atom. The van der Waals surface area contributed by atoms with Gasteiger partial charge in [0.1, 0.15) is 5.75 Å². The summed E-state index contributed by atoms with van der Waals surface area (Å²) < 4.78 is 45.6. The number of hydrogen-bond donors (Lipinski definition) is 2. The van der Waals surface area contributed by atoms with Crippen LogP contribution in [0.5, 0.6) is 11.6 Å². The summed E-state index contributed by atoms with van der Waals surface area (Å²) in [6, 6.07) is 15.3. The number of rotatable bonds is 5. The Kier molecular flexibility index (Phi) is 5.94. The molecular weight excluding hydrogens is 437 g/mol. The first-order valence-corrected chi connectivity index (χ1v) is 9.66. The van der Waals surface area contributed by atoms with Crippen molar-refractivity contribution in [3.8, 4) is 17.4 Å². The van der Waals surface area contributed by atoms with E-state index < -0.39 is 17.8 Å².